The number of imide groups is 1. The van der Waals surface area contributed by atoms with Crippen LogP contribution in [0.2, 0.25) is 0 Å². The van der Waals surface area contributed by atoms with E-state index in [4.69, 9.17) is 0 Å². The molecule has 1 atom stereocenters. The minimum atomic E-state index is -0.743. The van der Waals surface area contributed by atoms with Gasteiger partial charge < -0.3 is 10.2 Å². The number of nitrogens with zero attached hydrogens (tertiary/aromatic N) is 2. The standard InChI is InChI=1S/C19H24BrN3O3/c1-13(14-6-8-15(20)9-7-14)21-16(24)12-23-17(25)19(22(2)18(23)26)10-4-3-5-11-19/h6-9,13H,3-5,10-12H2,1-2H3,(H,21,24). The van der Waals surface area contributed by atoms with E-state index in [0.29, 0.717) is 12.8 Å². The Bertz CT molecular complexity index is 713. The third kappa shape index (κ3) is 3.37. The van der Waals surface area contributed by atoms with Crippen molar-refractivity contribution >= 4 is 33.8 Å². The van der Waals surface area contributed by atoms with E-state index in [-0.39, 0.29) is 30.4 Å². The van der Waals surface area contributed by atoms with Crippen molar-refractivity contribution in [2.45, 2.75) is 50.6 Å². The van der Waals surface area contributed by atoms with Crippen molar-refractivity contribution in [3.63, 3.8) is 0 Å². The van der Waals surface area contributed by atoms with Gasteiger partial charge in [-0.2, -0.15) is 0 Å². The first kappa shape index (κ1) is 18.9. The average molecular weight is 422 g/mol. The van der Waals surface area contributed by atoms with Gasteiger partial charge in [-0.1, -0.05) is 47.3 Å². The zero-order valence-electron chi connectivity index (χ0n) is 15.1. The summed E-state index contributed by atoms with van der Waals surface area (Å²) in [5, 5.41) is 2.87. The summed E-state index contributed by atoms with van der Waals surface area (Å²) in [5.74, 6) is -0.556. The Morgan fingerprint density at radius 2 is 1.81 bits per heavy atom. The van der Waals surface area contributed by atoms with Gasteiger partial charge in [0.15, 0.2) is 0 Å². The lowest BCUT2D eigenvalue weighted by Crippen LogP contribution is -2.49. The number of urea groups is 1. The molecule has 4 amide bonds. The van der Waals surface area contributed by atoms with Crippen LogP contribution in [0.25, 0.3) is 0 Å². The van der Waals surface area contributed by atoms with E-state index in [0.717, 1.165) is 34.2 Å². The summed E-state index contributed by atoms with van der Waals surface area (Å²) >= 11 is 3.38. The topological polar surface area (TPSA) is 69.7 Å². The zero-order chi connectivity index (χ0) is 18.9. The minimum absolute atomic E-state index is 0.204. The second kappa shape index (κ2) is 7.39. The number of amides is 4. The highest BCUT2D eigenvalue weighted by atomic mass is 79.9. The van der Waals surface area contributed by atoms with E-state index in [2.05, 4.69) is 21.2 Å². The molecule has 0 radical (unpaired) electrons. The molecule has 7 heteroatoms. The van der Waals surface area contributed by atoms with Crippen LogP contribution in [-0.2, 0) is 9.59 Å². The predicted molar refractivity (Wildman–Crippen MR) is 101 cm³/mol. The maximum absolute atomic E-state index is 12.9. The van der Waals surface area contributed by atoms with Gasteiger partial charge >= 0.3 is 6.03 Å². The minimum Gasteiger partial charge on any atom is -0.348 e. The molecule has 1 saturated heterocycles. The van der Waals surface area contributed by atoms with Crippen LogP contribution in [0.5, 0.6) is 0 Å². The number of hydrogen-bond acceptors (Lipinski definition) is 3. The normalized spacial score (nSPS) is 20.6. The number of carbonyl (C=O) groups excluding carboxylic acids is 3. The molecule has 1 N–H and O–H groups in total. The van der Waals surface area contributed by atoms with E-state index in [1.54, 1.807) is 11.9 Å². The molecular formula is C19H24BrN3O3. The Balaban J connectivity index is 1.66. The van der Waals surface area contributed by atoms with E-state index >= 15 is 0 Å². The predicted octanol–water partition coefficient (Wildman–Crippen LogP) is 3.22. The van der Waals surface area contributed by atoms with Crippen molar-refractivity contribution in [2.75, 3.05) is 13.6 Å². The fourth-order valence-corrected chi connectivity index (χ4v) is 4.20. The number of halogens is 1. The lowest BCUT2D eigenvalue weighted by molar-refractivity contribution is -0.137. The summed E-state index contributed by atoms with van der Waals surface area (Å²) < 4.78 is 0.967. The highest BCUT2D eigenvalue weighted by Gasteiger charge is 2.55. The molecule has 0 bridgehead atoms. The molecule has 26 heavy (non-hydrogen) atoms. The smallest absolute Gasteiger partial charge is 0.327 e. The zero-order valence-corrected chi connectivity index (χ0v) is 16.7. The highest BCUT2D eigenvalue weighted by molar-refractivity contribution is 9.10. The highest BCUT2D eigenvalue weighted by Crippen LogP contribution is 2.39. The molecular weight excluding hydrogens is 398 g/mol. The van der Waals surface area contributed by atoms with Crippen molar-refractivity contribution in [1.29, 1.82) is 0 Å². The number of carbonyl (C=O) groups is 3. The molecule has 1 aliphatic heterocycles. The lowest BCUT2D eigenvalue weighted by atomic mass is 9.81. The monoisotopic (exact) mass is 421 g/mol. The largest absolute Gasteiger partial charge is 0.348 e. The summed E-state index contributed by atoms with van der Waals surface area (Å²) in [5.41, 5.74) is 0.217. The molecule has 1 unspecified atom stereocenters. The molecule has 6 nitrogen and oxygen atoms in total. The molecule has 1 saturated carbocycles. The van der Waals surface area contributed by atoms with Crippen molar-refractivity contribution in [3.05, 3.63) is 34.3 Å². The van der Waals surface area contributed by atoms with Crippen LogP contribution in [0.15, 0.2) is 28.7 Å². The average Bonchev–Trinajstić information content (AvgIpc) is 2.79. The van der Waals surface area contributed by atoms with Crippen molar-refractivity contribution in [1.82, 2.24) is 15.1 Å². The third-order valence-electron chi connectivity index (χ3n) is 5.53. The SMILES string of the molecule is CC(NC(=O)CN1C(=O)N(C)C2(CCCCC2)C1=O)c1ccc(Br)cc1. The van der Waals surface area contributed by atoms with Gasteiger partial charge in [0.2, 0.25) is 5.91 Å². The van der Waals surface area contributed by atoms with Crippen molar-refractivity contribution in [3.8, 4) is 0 Å². The molecule has 1 aromatic rings. The molecule has 2 aliphatic rings. The maximum atomic E-state index is 12.9. The number of benzene rings is 1. The van der Waals surface area contributed by atoms with Gasteiger partial charge in [-0.05, 0) is 37.5 Å². The van der Waals surface area contributed by atoms with E-state index in [9.17, 15) is 14.4 Å². The van der Waals surface area contributed by atoms with Gasteiger partial charge in [-0.3, -0.25) is 14.5 Å². The Morgan fingerprint density at radius 1 is 1.19 bits per heavy atom. The Kier molecular flexibility index (Phi) is 5.37. The Morgan fingerprint density at radius 3 is 2.42 bits per heavy atom. The summed E-state index contributed by atoms with van der Waals surface area (Å²) in [6.45, 7) is 1.65. The maximum Gasteiger partial charge on any atom is 0.327 e. The fraction of sp³-hybridized carbons (Fsp3) is 0.526. The number of hydrogen-bond donors (Lipinski definition) is 1. The van der Waals surface area contributed by atoms with Gasteiger partial charge in [0, 0.05) is 11.5 Å². The van der Waals surface area contributed by atoms with Crippen LogP contribution in [0.1, 0.15) is 50.6 Å². The molecule has 3 rings (SSSR count). The van der Waals surface area contributed by atoms with Gasteiger partial charge in [-0.15, -0.1) is 0 Å². The summed E-state index contributed by atoms with van der Waals surface area (Å²) in [4.78, 5) is 40.6. The first-order valence-electron chi connectivity index (χ1n) is 9.00. The van der Waals surface area contributed by atoms with Gasteiger partial charge in [0.25, 0.3) is 5.91 Å². The Hall–Kier alpha value is -1.89. The number of likely N-dealkylation sites (N-methyl/N-ethyl adjacent to an activating group) is 1. The van der Waals surface area contributed by atoms with E-state index < -0.39 is 5.54 Å². The number of nitrogens with one attached hydrogen (secondary N) is 1. The van der Waals surface area contributed by atoms with Gasteiger partial charge in [0.1, 0.15) is 12.1 Å². The molecule has 1 aromatic carbocycles. The van der Waals surface area contributed by atoms with Crippen LogP contribution >= 0.6 is 15.9 Å². The van der Waals surface area contributed by atoms with Crippen LogP contribution in [0.4, 0.5) is 4.79 Å². The van der Waals surface area contributed by atoms with Gasteiger partial charge in [0.05, 0.1) is 6.04 Å². The van der Waals surface area contributed by atoms with Gasteiger partial charge in [-0.25, -0.2) is 4.79 Å². The second-order valence-corrected chi connectivity index (χ2v) is 8.08. The molecule has 140 valence electrons. The molecule has 2 fully saturated rings. The first-order chi connectivity index (χ1) is 12.3. The lowest BCUT2D eigenvalue weighted by Gasteiger charge is -2.35. The Labute approximate surface area is 162 Å². The fourth-order valence-electron chi connectivity index (χ4n) is 3.94. The van der Waals surface area contributed by atoms with E-state index in [1.165, 1.54) is 0 Å². The van der Waals surface area contributed by atoms with Crippen LogP contribution in [-0.4, -0.2) is 46.8 Å². The van der Waals surface area contributed by atoms with Crippen molar-refractivity contribution < 1.29 is 14.4 Å². The summed E-state index contributed by atoms with van der Waals surface area (Å²) in [7, 11) is 1.67. The van der Waals surface area contributed by atoms with Crippen LogP contribution < -0.4 is 5.32 Å². The quantitative estimate of drug-likeness (QED) is 0.758. The molecule has 1 heterocycles. The van der Waals surface area contributed by atoms with Crippen molar-refractivity contribution in [2.24, 2.45) is 0 Å². The molecule has 0 aromatic heterocycles. The molecule has 1 aliphatic carbocycles. The van der Waals surface area contributed by atoms with Crippen LogP contribution in [0, 0.1) is 0 Å². The van der Waals surface area contributed by atoms with Crippen LogP contribution in [0.3, 0.4) is 0 Å². The number of rotatable bonds is 4. The summed E-state index contributed by atoms with van der Waals surface area (Å²) in [6, 6.07) is 7.09. The first-order valence-corrected chi connectivity index (χ1v) is 9.79. The second-order valence-electron chi connectivity index (χ2n) is 7.17. The molecule has 1 spiro atoms. The third-order valence-corrected chi connectivity index (χ3v) is 6.06. The summed E-state index contributed by atoms with van der Waals surface area (Å²) in [6.07, 6.45) is 4.32. The van der Waals surface area contributed by atoms with E-state index in [1.807, 2.05) is 31.2 Å².